The average molecular weight is 301 g/mol. The summed E-state index contributed by atoms with van der Waals surface area (Å²) in [6.45, 7) is 0. The Labute approximate surface area is 106 Å². The Morgan fingerprint density at radius 1 is 1.47 bits per heavy atom. The van der Waals surface area contributed by atoms with Gasteiger partial charge >= 0.3 is 0 Å². The smallest absolute Gasteiger partial charge is 0.230 e. The van der Waals surface area contributed by atoms with Crippen LogP contribution in [0.25, 0.3) is 0 Å². The molecule has 1 saturated carbocycles. The van der Waals surface area contributed by atoms with E-state index in [9.17, 15) is 14.7 Å². The monoisotopic (exact) mass is 300 g/mol. The lowest BCUT2D eigenvalue weighted by molar-refractivity contribution is -0.122. The minimum Gasteiger partial charge on any atom is -0.392 e. The number of hydrogen-bond acceptors (Lipinski definition) is 3. The van der Waals surface area contributed by atoms with E-state index in [4.69, 9.17) is 0 Å². The molecule has 5 nitrogen and oxygen atoms in total. The fourth-order valence-electron chi connectivity index (χ4n) is 2.02. The van der Waals surface area contributed by atoms with Gasteiger partial charge < -0.3 is 15.4 Å². The van der Waals surface area contributed by atoms with Crippen LogP contribution in [0.4, 0.5) is 5.69 Å². The first-order valence-electron chi connectivity index (χ1n) is 5.45. The number of aliphatic hydroxyl groups excluding tert-OH is 1. The van der Waals surface area contributed by atoms with Crippen molar-refractivity contribution in [2.45, 2.75) is 25.4 Å². The van der Waals surface area contributed by atoms with E-state index in [1.807, 2.05) is 0 Å². The van der Waals surface area contributed by atoms with Gasteiger partial charge in [0.05, 0.1) is 16.5 Å². The second-order valence-electron chi connectivity index (χ2n) is 4.14. The van der Waals surface area contributed by atoms with Crippen LogP contribution in [-0.2, 0) is 4.79 Å². The molecule has 1 fully saturated rings. The summed E-state index contributed by atoms with van der Waals surface area (Å²) in [5.74, 6) is -0.702. The summed E-state index contributed by atoms with van der Waals surface area (Å²) in [5.41, 5.74) is -0.0759. The number of nitrogens with one attached hydrogen (secondary N) is 2. The Balaban J connectivity index is 2.13. The Bertz CT molecular complexity index is 486. The number of H-pyrrole nitrogens is 1. The summed E-state index contributed by atoms with van der Waals surface area (Å²) in [4.78, 5) is 26.3. The molecule has 2 unspecified atom stereocenters. The normalized spacial score (nSPS) is 23.6. The summed E-state index contributed by atoms with van der Waals surface area (Å²) >= 11 is 3.09. The van der Waals surface area contributed by atoms with Crippen LogP contribution in [0.5, 0.6) is 0 Å². The van der Waals surface area contributed by atoms with Gasteiger partial charge in [-0.15, -0.1) is 0 Å². The van der Waals surface area contributed by atoms with Crippen LogP contribution in [0.1, 0.15) is 19.3 Å². The van der Waals surface area contributed by atoms with Gasteiger partial charge in [0.2, 0.25) is 11.3 Å². The van der Waals surface area contributed by atoms with Gasteiger partial charge in [-0.25, -0.2) is 0 Å². The van der Waals surface area contributed by atoms with Crippen LogP contribution >= 0.6 is 15.9 Å². The number of aromatic amines is 1. The van der Waals surface area contributed by atoms with Crippen molar-refractivity contribution in [2.75, 3.05) is 5.32 Å². The number of halogens is 1. The third-order valence-electron chi connectivity index (χ3n) is 2.97. The van der Waals surface area contributed by atoms with Crippen molar-refractivity contribution in [3.05, 3.63) is 27.1 Å². The zero-order chi connectivity index (χ0) is 12.4. The molecule has 6 heteroatoms. The lowest BCUT2D eigenvalue weighted by Crippen LogP contribution is -2.30. The zero-order valence-electron chi connectivity index (χ0n) is 9.07. The summed E-state index contributed by atoms with van der Waals surface area (Å²) in [5, 5.41) is 12.2. The van der Waals surface area contributed by atoms with E-state index in [0.717, 1.165) is 6.42 Å². The van der Waals surface area contributed by atoms with E-state index in [1.54, 1.807) is 0 Å². The fourth-order valence-corrected chi connectivity index (χ4v) is 2.37. The van der Waals surface area contributed by atoms with Gasteiger partial charge in [0, 0.05) is 12.4 Å². The van der Waals surface area contributed by atoms with Gasteiger partial charge in [-0.3, -0.25) is 9.59 Å². The maximum absolute atomic E-state index is 11.8. The molecule has 1 aromatic heterocycles. The number of carbonyl (C=O) groups is 1. The van der Waals surface area contributed by atoms with Crippen molar-refractivity contribution in [1.29, 1.82) is 0 Å². The van der Waals surface area contributed by atoms with Crippen molar-refractivity contribution in [1.82, 2.24) is 4.98 Å². The maximum Gasteiger partial charge on any atom is 0.230 e. The molecule has 0 saturated heterocycles. The van der Waals surface area contributed by atoms with Crippen LogP contribution in [-0.4, -0.2) is 22.1 Å². The lowest BCUT2D eigenvalue weighted by Gasteiger charge is -2.13. The Kier molecular flexibility index (Phi) is 3.63. The van der Waals surface area contributed by atoms with E-state index in [-0.39, 0.29) is 17.0 Å². The zero-order valence-corrected chi connectivity index (χ0v) is 10.7. The number of amides is 1. The Hall–Kier alpha value is -1.14. The molecule has 1 aliphatic rings. The predicted molar refractivity (Wildman–Crippen MR) is 66.7 cm³/mol. The minimum atomic E-state index is -0.596. The molecule has 2 atom stereocenters. The van der Waals surface area contributed by atoms with Gasteiger partial charge in [-0.1, -0.05) is 0 Å². The summed E-state index contributed by atoms with van der Waals surface area (Å²) in [6, 6.07) is 0. The standard InChI is InChI=1S/C11H13BrN2O3/c12-7-4-13-5-8(10(7)16)14-11(17)6-2-1-3-9(6)15/h4-6,9,15H,1-3H2,(H,13,16)(H,14,17). The van der Waals surface area contributed by atoms with E-state index in [2.05, 4.69) is 26.2 Å². The largest absolute Gasteiger partial charge is 0.392 e. The molecular weight excluding hydrogens is 288 g/mol. The molecule has 1 heterocycles. The van der Waals surface area contributed by atoms with Gasteiger partial charge in [-0.05, 0) is 35.2 Å². The van der Waals surface area contributed by atoms with E-state index in [0.29, 0.717) is 17.3 Å². The molecule has 92 valence electrons. The fraction of sp³-hybridized carbons (Fsp3) is 0.455. The Morgan fingerprint density at radius 3 is 2.88 bits per heavy atom. The molecule has 0 spiro atoms. The van der Waals surface area contributed by atoms with Crippen LogP contribution in [0.3, 0.4) is 0 Å². The molecule has 0 radical (unpaired) electrons. The van der Waals surface area contributed by atoms with Crippen LogP contribution in [0, 0.1) is 5.92 Å². The lowest BCUT2D eigenvalue weighted by atomic mass is 10.1. The molecule has 0 aromatic carbocycles. The average Bonchev–Trinajstić information content (AvgIpc) is 2.71. The number of pyridine rings is 1. The molecule has 1 aliphatic carbocycles. The molecule has 1 amide bonds. The third kappa shape index (κ3) is 2.58. The Morgan fingerprint density at radius 2 is 2.24 bits per heavy atom. The number of carbonyl (C=O) groups excluding carboxylic acids is 1. The second-order valence-corrected chi connectivity index (χ2v) is 4.99. The molecule has 2 rings (SSSR count). The van der Waals surface area contributed by atoms with Crippen molar-refractivity contribution in [3.63, 3.8) is 0 Å². The highest BCUT2D eigenvalue weighted by atomic mass is 79.9. The quantitative estimate of drug-likeness (QED) is 0.768. The van der Waals surface area contributed by atoms with Gasteiger partial charge in [-0.2, -0.15) is 0 Å². The first-order valence-corrected chi connectivity index (χ1v) is 6.24. The first-order chi connectivity index (χ1) is 8.09. The summed E-state index contributed by atoms with van der Waals surface area (Å²) in [7, 11) is 0. The third-order valence-corrected chi connectivity index (χ3v) is 3.56. The van der Waals surface area contributed by atoms with E-state index < -0.39 is 12.0 Å². The van der Waals surface area contributed by atoms with Gasteiger partial charge in [0.25, 0.3) is 0 Å². The number of aromatic nitrogens is 1. The van der Waals surface area contributed by atoms with Gasteiger partial charge in [0.15, 0.2) is 0 Å². The highest BCUT2D eigenvalue weighted by Crippen LogP contribution is 2.26. The minimum absolute atomic E-state index is 0.198. The van der Waals surface area contributed by atoms with E-state index in [1.165, 1.54) is 12.4 Å². The number of hydrogen-bond donors (Lipinski definition) is 3. The second kappa shape index (κ2) is 5.01. The molecular formula is C11H13BrN2O3. The highest BCUT2D eigenvalue weighted by Gasteiger charge is 2.31. The molecule has 0 aliphatic heterocycles. The van der Waals surface area contributed by atoms with Crippen molar-refractivity contribution >= 4 is 27.5 Å². The van der Waals surface area contributed by atoms with Crippen LogP contribution in [0.2, 0.25) is 0 Å². The molecule has 17 heavy (non-hydrogen) atoms. The predicted octanol–water partition coefficient (Wildman–Crippen LogP) is 1.24. The highest BCUT2D eigenvalue weighted by molar-refractivity contribution is 9.10. The SMILES string of the molecule is O=C(Nc1c[nH]cc(Br)c1=O)C1CCCC1O. The van der Waals surface area contributed by atoms with E-state index >= 15 is 0 Å². The first kappa shape index (κ1) is 12.3. The number of aliphatic hydroxyl groups is 1. The van der Waals surface area contributed by atoms with Crippen LogP contribution < -0.4 is 10.7 Å². The van der Waals surface area contributed by atoms with Crippen molar-refractivity contribution in [3.8, 4) is 0 Å². The van der Waals surface area contributed by atoms with Crippen molar-refractivity contribution in [2.24, 2.45) is 5.92 Å². The van der Waals surface area contributed by atoms with Crippen molar-refractivity contribution < 1.29 is 9.90 Å². The molecule has 0 bridgehead atoms. The molecule has 3 N–H and O–H groups in total. The van der Waals surface area contributed by atoms with Gasteiger partial charge in [0.1, 0.15) is 5.69 Å². The topological polar surface area (TPSA) is 82.2 Å². The number of rotatable bonds is 2. The number of anilines is 1. The molecule has 1 aromatic rings. The van der Waals surface area contributed by atoms with Crippen LogP contribution in [0.15, 0.2) is 21.7 Å². The maximum atomic E-state index is 11.8. The summed E-state index contributed by atoms with van der Waals surface area (Å²) < 4.78 is 0.363. The summed E-state index contributed by atoms with van der Waals surface area (Å²) in [6.07, 6.45) is 4.50.